The van der Waals surface area contributed by atoms with Crippen LogP contribution in [0.25, 0.3) is 21.5 Å². The van der Waals surface area contributed by atoms with Crippen LogP contribution in [0.2, 0.25) is 0 Å². The van der Waals surface area contributed by atoms with E-state index < -0.39 is 5.97 Å². The number of carboxylic acids is 1. The number of fused-ring (bicyclic) bond motifs is 1. The number of benzene rings is 2. The molecule has 0 radical (unpaired) electrons. The van der Waals surface area contributed by atoms with Gasteiger partial charge in [-0.15, -0.1) is 17.9 Å². The minimum Gasteiger partial charge on any atom is -0.478 e. The van der Waals surface area contributed by atoms with E-state index in [0.717, 1.165) is 44.8 Å². The van der Waals surface area contributed by atoms with Gasteiger partial charge in [0, 0.05) is 16.9 Å². The maximum absolute atomic E-state index is 11.2. The summed E-state index contributed by atoms with van der Waals surface area (Å²) in [6, 6.07) is 15.0. The van der Waals surface area contributed by atoms with Gasteiger partial charge >= 0.3 is 5.97 Å². The molecule has 0 aliphatic carbocycles. The van der Waals surface area contributed by atoms with Crippen LogP contribution in [-0.4, -0.2) is 21.0 Å². The van der Waals surface area contributed by atoms with Crippen molar-refractivity contribution in [2.45, 2.75) is 19.8 Å². The Morgan fingerprint density at radius 2 is 1.97 bits per heavy atom. The number of anilines is 2. The number of aromatic nitrogens is 2. The molecule has 30 heavy (non-hydrogen) atoms. The van der Waals surface area contributed by atoms with E-state index in [9.17, 15) is 9.90 Å². The van der Waals surface area contributed by atoms with E-state index in [-0.39, 0.29) is 5.56 Å². The van der Waals surface area contributed by atoms with Gasteiger partial charge in [0.05, 0.1) is 10.4 Å². The van der Waals surface area contributed by atoms with Gasteiger partial charge in [-0.2, -0.15) is 0 Å². The second-order valence-corrected chi connectivity index (χ2v) is 7.80. The highest BCUT2D eigenvalue weighted by atomic mass is 32.1. The van der Waals surface area contributed by atoms with Gasteiger partial charge in [-0.25, -0.2) is 14.8 Å². The fourth-order valence-corrected chi connectivity index (χ4v) is 4.05. The van der Waals surface area contributed by atoms with E-state index >= 15 is 0 Å². The fourth-order valence-electron chi connectivity index (χ4n) is 3.39. The van der Waals surface area contributed by atoms with Gasteiger partial charge < -0.3 is 10.4 Å². The molecule has 150 valence electrons. The molecular formula is C24H21N3O2S. The van der Waals surface area contributed by atoms with Crippen LogP contribution in [0.4, 0.5) is 11.5 Å². The normalized spacial score (nSPS) is 10.8. The van der Waals surface area contributed by atoms with Crippen molar-refractivity contribution >= 4 is 39.6 Å². The molecule has 0 saturated carbocycles. The lowest BCUT2D eigenvalue weighted by Crippen LogP contribution is -2.07. The van der Waals surface area contributed by atoms with E-state index in [1.165, 1.54) is 0 Å². The quantitative estimate of drug-likeness (QED) is 0.357. The summed E-state index contributed by atoms with van der Waals surface area (Å²) in [4.78, 5) is 21.8. The Balaban J connectivity index is 1.77. The average Bonchev–Trinajstić information content (AvgIpc) is 3.29. The Kier molecular flexibility index (Phi) is 5.59. The van der Waals surface area contributed by atoms with Crippen LogP contribution >= 0.6 is 11.3 Å². The first kappa shape index (κ1) is 19.8. The number of allylic oxidation sites excluding steroid dienone is 1. The summed E-state index contributed by atoms with van der Waals surface area (Å²) in [5, 5.41) is 16.5. The molecule has 5 nitrogen and oxygen atoms in total. The number of rotatable bonds is 7. The molecule has 2 heterocycles. The summed E-state index contributed by atoms with van der Waals surface area (Å²) in [5.74, 6) is 0.554. The standard InChI is InChI=1S/C24H21N3O2S/c1-3-6-19-20(4-2)26-23(21-7-5-12-30-21)27-22(19)25-18-11-10-15-13-17(24(28)29)9-8-16(15)14-18/h3,5,7-14H,1,4,6H2,2H3,(H,28,29)(H,25,26,27). The predicted octanol–water partition coefficient (Wildman–Crippen LogP) is 6.09. The number of aryl methyl sites for hydroxylation is 1. The van der Waals surface area contributed by atoms with Crippen molar-refractivity contribution in [1.29, 1.82) is 0 Å². The molecule has 4 aromatic rings. The monoisotopic (exact) mass is 415 g/mol. The Bertz CT molecular complexity index is 1230. The van der Waals surface area contributed by atoms with Crippen LogP contribution in [0.15, 0.2) is 66.6 Å². The zero-order valence-corrected chi connectivity index (χ0v) is 17.4. The Labute approximate surface area is 178 Å². The topological polar surface area (TPSA) is 75.1 Å². The van der Waals surface area contributed by atoms with E-state index in [0.29, 0.717) is 12.2 Å². The SMILES string of the molecule is C=CCc1c(CC)nc(-c2cccs2)nc1Nc1ccc2cc(C(=O)O)ccc2c1. The highest BCUT2D eigenvalue weighted by molar-refractivity contribution is 7.13. The van der Waals surface area contributed by atoms with Gasteiger partial charge in [0.25, 0.3) is 0 Å². The summed E-state index contributed by atoms with van der Waals surface area (Å²) in [7, 11) is 0. The summed E-state index contributed by atoms with van der Waals surface area (Å²) in [5.41, 5.74) is 3.20. The van der Waals surface area contributed by atoms with Crippen LogP contribution < -0.4 is 5.32 Å². The Morgan fingerprint density at radius 1 is 1.17 bits per heavy atom. The van der Waals surface area contributed by atoms with Crippen LogP contribution in [-0.2, 0) is 12.8 Å². The molecule has 0 unspecified atom stereocenters. The number of hydrogen-bond acceptors (Lipinski definition) is 5. The summed E-state index contributed by atoms with van der Waals surface area (Å²) in [6.07, 6.45) is 3.34. The third-order valence-electron chi connectivity index (χ3n) is 4.87. The minimum atomic E-state index is -0.928. The molecular weight excluding hydrogens is 394 g/mol. The number of aromatic carboxylic acids is 1. The highest BCUT2D eigenvalue weighted by Crippen LogP contribution is 2.30. The van der Waals surface area contributed by atoms with Crippen molar-refractivity contribution in [2.75, 3.05) is 5.32 Å². The van der Waals surface area contributed by atoms with E-state index in [4.69, 9.17) is 9.97 Å². The number of nitrogens with zero attached hydrogens (tertiary/aromatic N) is 2. The van der Waals surface area contributed by atoms with E-state index in [1.807, 2.05) is 47.9 Å². The first-order chi connectivity index (χ1) is 14.6. The molecule has 0 aliphatic heterocycles. The van der Waals surface area contributed by atoms with Crippen LogP contribution in [0.3, 0.4) is 0 Å². The molecule has 0 atom stereocenters. The van der Waals surface area contributed by atoms with Gasteiger partial charge in [-0.05, 0) is 59.3 Å². The number of thiophene rings is 1. The summed E-state index contributed by atoms with van der Waals surface area (Å²) >= 11 is 1.61. The first-order valence-corrected chi connectivity index (χ1v) is 10.6. The first-order valence-electron chi connectivity index (χ1n) is 9.67. The smallest absolute Gasteiger partial charge is 0.335 e. The Morgan fingerprint density at radius 3 is 2.67 bits per heavy atom. The third-order valence-corrected chi connectivity index (χ3v) is 5.73. The summed E-state index contributed by atoms with van der Waals surface area (Å²) in [6.45, 7) is 5.98. The van der Waals surface area contributed by atoms with Gasteiger partial charge in [-0.3, -0.25) is 0 Å². The summed E-state index contributed by atoms with van der Waals surface area (Å²) < 4.78 is 0. The molecule has 6 heteroatoms. The number of carboxylic acid groups (broad SMARTS) is 1. The molecule has 0 aliphatic rings. The molecule has 0 fully saturated rings. The predicted molar refractivity (Wildman–Crippen MR) is 123 cm³/mol. The zero-order valence-electron chi connectivity index (χ0n) is 16.6. The number of nitrogens with one attached hydrogen (secondary N) is 1. The lowest BCUT2D eigenvalue weighted by molar-refractivity contribution is 0.0697. The van der Waals surface area contributed by atoms with Crippen molar-refractivity contribution in [3.8, 4) is 10.7 Å². The van der Waals surface area contributed by atoms with Crippen molar-refractivity contribution in [2.24, 2.45) is 0 Å². The highest BCUT2D eigenvalue weighted by Gasteiger charge is 2.15. The zero-order chi connectivity index (χ0) is 21.1. The lowest BCUT2D eigenvalue weighted by atomic mass is 10.1. The third kappa shape index (κ3) is 3.95. The molecule has 2 N–H and O–H groups in total. The molecule has 0 spiro atoms. The largest absolute Gasteiger partial charge is 0.478 e. The molecule has 0 bridgehead atoms. The van der Waals surface area contributed by atoms with Gasteiger partial charge in [-0.1, -0.05) is 31.2 Å². The molecule has 2 aromatic carbocycles. The fraction of sp³-hybridized carbons (Fsp3) is 0.125. The number of hydrogen-bond donors (Lipinski definition) is 2. The van der Waals surface area contributed by atoms with Crippen molar-refractivity contribution < 1.29 is 9.90 Å². The molecule has 2 aromatic heterocycles. The maximum atomic E-state index is 11.2. The van der Waals surface area contributed by atoms with E-state index in [1.54, 1.807) is 23.5 Å². The molecule has 4 rings (SSSR count). The van der Waals surface area contributed by atoms with E-state index in [2.05, 4.69) is 18.8 Å². The lowest BCUT2D eigenvalue weighted by Gasteiger charge is -2.15. The Hall–Kier alpha value is -3.51. The van der Waals surface area contributed by atoms with Gasteiger partial charge in [0.15, 0.2) is 5.82 Å². The van der Waals surface area contributed by atoms with Gasteiger partial charge in [0.1, 0.15) is 5.82 Å². The van der Waals surface area contributed by atoms with Crippen molar-refractivity contribution in [3.63, 3.8) is 0 Å². The van der Waals surface area contributed by atoms with Crippen molar-refractivity contribution in [1.82, 2.24) is 9.97 Å². The van der Waals surface area contributed by atoms with Crippen LogP contribution in [0.1, 0.15) is 28.5 Å². The molecule has 0 saturated heterocycles. The molecule has 0 amide bonds. The maximum Gasteiger partial charge on any atom is 0.335 e. The van der Waals surface area contributed by atoms with Crippen LogP contribution in [0, 0.1) is 0 Å². The minimum absolute atomic E-state index is 0.278. The van der Waals surface area contributed by atoms with Crippen LogP contribution in [0.5, 0.6) is 0 Å². The van der Waals surface area contributed by atoms with Gasteiger partial charge in [0.2, 0.25) is 0 Å². The average molecular weight is 416 g/mol. The second-order valence-electron chi connectivity index (χ2n) is 6.85. The number of carbonyl (C=O) groups is 1. The van der Waals surface area contributed by atoms with Crippen molar-refractivity contribution in [3.05, 3.63) is 83.4 Å². The second kappa shape index (κ2) is 8.47.